The molecule has 3 heterocycles. The first kappa shape index (κ1) is 18.9. The first-order valence-electron chi connectivity index (χ1n) is 9.35. The van der Waals surface area contributed by atoms with Gasteiger partial charge in [-0.25, -0.2) is 19.9 Å². The van der Waals surface area contributed by atoms with Gasteiger partial charge in [0.15, 0.2) is 5.96 Å². The fraction of sp³-hybridized carbons (Fsp3) is 0.474. The number of aromatic nitrogens is 3. The zero-order chi connectivity index (χ0) is 19.1. The Labute approximate surface area is 161 Å². The van der Waals surface area contributed by atoms with Crippen molar-refractivity contribution in [3.05, 3.63) is 42.4 Å². The maximum Gasteiger partial charge on any atom is 0.225 e. The van der Waals surface area contributed by atoms with E-state index in [1.807, 2.05) is 37.3 Å². The molecule has 0 amide bonds. The van der Waals surface area contributed by atoms with Gasteiger partial charge in [-0.2, -0.15) is 0 Å². The highest BCUT2D eigenvalue weighted by molar-refractivity contribution is 5.80. The van der Waals surface area contributed by atoms with Gasteiger partial charge in [0.25, 0.3) is 0 Å². The summed E-state index contributed by atoms with van der Waals surface area (Å²) in [5.41, 5.74) is 1.15. The Balaban J connectivity index is 1.63. The highest BCUT2D eigenvalue weighted by Gasteiger charge is 2.21. The molecule has 1 saturated heterocycles. The molecule has 1 aliphatic rings. The molecule has 0 saturated carbocycles. The molecule has 2 aromatic heterocycles. The van der Waals surface area contributed by atoms with Gasteiger partial charge in [0.1, 0.15) is 5.82 Å². The summed E-state index contributed by atoms with van der Waals surface area (Å²) in [4.78, 5) is 24.4. The molecule has 0 unspecified atom stereocenters. The second kappa shape index (κ2) is 9.16. The van der Waals surface area contributed by atoms with E-state index in [9.17, 15) is 0 Å². The maximum atomic E-state index is 4.84. The van der Waals surface area contributed by atoms with E-state index in [1.54, 1.807) is 12.4 Å². The standard InChI is InChI=1S/C19H28N8/c1-4-20-18(24-15-16-6-9-21-17(14-16)25(2)3)26-10-12-27(13-11-26)19-22-7-5-8-23-19/h5-9,14H,4,10-13,15H2,1-3H3,(H,20,24). The minimum atomic E-state index is 0.633. The topological polar surface area (TPSA) is 72.8 Å². The number of aliphatic imine (C=N–C) groups is 1. The van der Waals surface area contributed by atoms with Crippen LogP contribution in [-0.4, -0.2) is 72.6 Å². The molecule has 0 spiro atoms. The van der Waals surface area contributed by atoms with Crippen molar-refractivity contribution in [3.8, 4) is 0 Å². The molecule has 144 valence electrons. The summed E-state index contributed by atoms with van der Waals surface area (Å²) in [6.45, 7) is 7.13. The quantitative estimate of drug-likeness (QED) is 0.628. The fourth-order valence-electron chi connectivity index (χ4n) is 2.97. The molecule has 0 atom stereocenters. The van der Waals surface area contributed by atoms with Gasteiger partial charge in [0.2, 0.25) is 5.95 Å². The monoisotopic (exact) mass is 368 g/mol. The summed E-state index contributed by atoms with van der Waals surface area (Å²) >= 11 is 0. The van der Waals surface area contributed by atoms with Gasteiger partial charge in [-0.15, -0.1) is 0 Å². The van der Waals surface area contributed by atoms with Gasteiger partial charge < -0.3 is 20.0 Å². The van der Waals surface area contributed by atoms with Crippen molar-refractivity contribution in [2.24, 2.45) is 4.99 Å². The smallest absolute Gasteiger partial charge is 0.225 e. The summed E-state index contributed by atoms with van der Waals surface area (Å²) in [6, 6.07) is 5.94. The van der Waals surface area contributed by atoms with Gasteiger partial charge in [-0.05, 0) is 30.7 Å². The lowest BCUT2D eigenvalue weighted by atomic mass is 10.2. The number of nitrogens with zero attached hydrogens (tertiary/aromatic N) is 7. The number of hydrogen-bond acceptors (Lipinski definition) is 6. The zero-order valence-corrected chi connectivity index (χ0v) is 16.3. The summed E-state index contributed by atoms with van der Waals surface area (Å²) in [6.07, 6.45) is 5.42. The molecule has 1 N–H and O–H groups in total. The zero-order valence-electron chi connectivity index (χ0n) is 16.3. The fourth-order valence-corrected chi connectivity index (χ4v) is 2.97. The predicted molar refractivity (Wildman–Crippen MR) is 109 cm³/mol. The summed E-state index contributed by atoms with van der Waals surface area (Å²) in [7, 11) is 3.99. The predicted octanol–water partition coefficient (Wildman–Crippen LogP) is 1.23. The van der Waals surface area contributed by atoms with Crippen molar-refractivity contribution in [2.45, 2.75) is 13.5 Å². The lowest BCUT2D eigenvalue weighted by Crippen LogP contribution is -2.52. The average molecular weight is 368 g/mol. The number of guanidine groups is 1. The molecule has 0 bridgehead atoms. The molecule has 3 rings (SSSR count). The molecular formula is C19H28N8. The van der Waals surface area contributed by atoms with Crippen molar-refractivity contribution in [3.63, 3.8) is 0 Å². The van der Waals surface area contributed by atoms with Crippen LogP contribution in [0.25, 0.3) is 0 Å². The van der Waals surface area contributed by atoms with Crippen LogP contribution in [-0.2, 0) is 6.54 Å². The Morgan fingerprint density at radius 2 is 1.85 bits per heavy atom. The lowest BCUT2D eigenvalue weighted by Gasteiger charge is -2.36. The van der Waals surface area contributed by atoms with Gasteiger partial charge in [0.05, 0.1) is 6.54 Å². The molecule has 8 nitrogen and oxygen atoms in total. The normalized spacial score (nSPS) is 15.0. The highest BCUT2D eigenvalue weighted by atomic mass is 15.4. The van der Waals surface area contributed by atoms with E-state index in [1.165, 1.54) is 0 Å². The van der Waals surface area contributed by atoms with Crippen LogP contribution in [0.1, 0.15) is 12.5 Å². The van der Waals surface area contributed by atoms with Crippen molar-refractivity contribution in [2.75, 3.05) is 56.6 Å². The highest BCUT2D eigenvalue weighted by Crippen LogP contribution is 2.12. The lowest BCUT2D eigenvalue weighted by molar-refractivity contribution is 0.370. The third kappa shape index (κ3) is 5.06. The Morgan fingerprint density at radius 3 is 2.52 bits per heavy atom. The molecule has 1 aliphatic heterocycles. The third-order valence-electron chi connectivity index (χ3n) is 4.43. The van der Waals surface area contributed by atoms with Crippen LogP contribution in [0.4, 0.5) is 11.8 Å². The first-order valence-corrected chi connectivity index (χ1v) is 9.35. The van der Waals surface area contributed by atoms with Crippen LogP contribution in [0.3, 0.4) is 0 Å². The van der Waals surface area contributed by atoms with Crippen LogP contribution >= 0.6 is 0 Å². The number of pyridine rings is 1. The maximum absolute atomic E-state index is 4.84. The summed E-state index contributed by atoms with van der Waals surface area (Å²) < 4.78 is 0. The van der Waals surface area contributed by atoms with Crippen LogP contribution in [0, 0.1) is 0 Å². The van der Waals surface area contributed by atoms with E-state index in [-0.39, 0.29) is 0 Å². The van der Waals surface area contributed by atoms with Gasteiger partial charge >= 0.3 is 0 Å². The van der Waals surface area contributed by atoms with Crippen molar-refractivity contribution in [1.29, 1.82) is 0 Å². The van der Waals surface area contributed by atoms with Crippen LogP contribution < -0.4 is 15.1 Å². The van der Waals surface area contributed by atoms with Crippen molar-refractivity contribution in [1.82, 2.24) is 25.2 Å². The first-order chi connectivity index (χ1) is 13.2. The van der Waals surface area contributed by atoms with E-state index in [0.717, 1.165) is 56.0 Å². The van der Waals surface area contributed by atoms with Gasteiger partial charge in [-0.3, -0.25) is 0 Å². The van der Waals surface area contributed by atoms with Crippen molar-refractivity contribution >= 4 is 17.7 Å². The number of hydrogen-bond donors (Lipinski definition) is 1. The Hall–Kier alpha value is -2.90. The SMILES string of the molecule is CCNC(=NCc1ccnc(N(C)C)c1)N1CCN(c2ncccn2)CC1. The van der Waals surface area contributed by atoms with Crippen LogP contribution in [0.5, 0.6) is 0 Å². The Bertz CT molecular complexity index is 738. The molecule has 27 heavy (non-hydrogen) atoms. The Morgan fingerprint density at radius 1 is 1.11 bits per heavy atom. The molecular weight excluding hydrogens is 340 g/mol. The largest absolute Gasteiger partial charge is 0.363 e. The number of piperazine rings is 1. The van der Waals surface area contributed by atoms with E-state index in [0.29, 0.717) is 6.54 Å². The molecule has 0 radical (unpaired) electrons. The van der Waals surface area contributed by atoms with Gasteiger partial charge in [0, 0.05) is 65.4 Å². The summed E-state index contributed by atoms with van der Waals surface area (Å²) in [5, 5.41) is 3.41. The average Bonchev–Trinajstić information content (AvgIpc) is 2.72. The van der Waals surface area contributed by atoms with Crippen LogP contribution in [0.15, 0.2) is 41.8 Å². The molecule has 2 aromatic rings. The van der Waals surface area contributed by atoms with E-state index < -0.39 is 0 Å². The minimum Gasteiger partial charge on any atom is -0.363 e. The third-order valence-corrected chi connectivity index (χ3v) is 4.43. The van der Waals surface area contributed by atoms with Crippen LogP contribution in [0.2, 0.25) is 0 Å². The molecule has 1 fully saturated rings. The molecule has 8 heteroatoms. The number of nitrogens with one attached hydrogen (secondary N) is 1. The van der Waals surface area contributed by atoms with E-state index >= 15 is 0 Å². The van der Waals surface area contributed by atoms with E-state index in [4.69, 9.17) is 4.99 Å². The second-order valence-corrected chi connectivity index (χ2v) is 6.61. The number of anilines is 2. The molecule has 0 aliphatic carbocycles. The Kier molecular flexibility index (Phi) is 6.40. The van der Waals surface area contributed by atoms with E-state index in [2.05, 4.69) is 43.1 Å². The minimum absolute atomic E-state index is 0.633. The molecule has 0 aromatic carbocycles. The summed E-state index contributed by atoms with van der Waals surface area (Å²) in [5.74, 6) is 2.70. The second-order valence-electron chi connectivity index (χ2n) is 6.61. The van der Waals surface area contributed by atoms with Gasteiger partial charge in [-0.1, -0.05) is 0 Å². The van der Waals surface area contributed by atoms with Crippen molar-refractivity contribution < 1.29 is 0 Å². The number of rotatable bonds is 5.